The summed E-state index contributed by atoms with van der Waals surface area (Å²) < 4.78 is 28.9. The molecule has 1 unspecified atom stereocenters. The Morgan fingerprint density at radius 3 is 2.56 bits per heavy atom. The maximum Gasteiger partial charge on any atom is 0.349 e. The molecule has 0 amide bonds. The Morgan fingerprint density at radius 1 is 1.22 bits per heavy atom. The molecule has 1 saturated heterocycles. The number of aryl methyl sites for hydroxylation is 1. The quantitative estimate of drug-likeness (QED) is 0.218. The number of hydrogen-bond donors (Lipinski definition) is 2. The number of fused-ring (bicyclic) bond motifs is 1. The fourth-order valence-electron chi connectivity index (χ4n) is 4.43. The van der Waals surface area contributed by atoms with Crippen molar-refractivity contribution in [3.8, 4) is 11.5 Å². The second kappa shape index (κ2) is 11.3. The normalized spacial score (nSPS) is 26.5. The van der Waals surface area contributed by atoms with Gasteiger partial charge in [-0.25, -0.2) is 4.79 Å². The van der Waals surface area contributed by atoms with Gasteiger partial charge in [-0.15, -0.1) is 6.58 Å². The number of hydrogen-bond acceptors (Lipinski definition) is 10. The van der Waals surface area contributed by atoms with Crippen LogP contribution >= 0.6 is 0 Å². The van der Waals surface area contributed by atoms with Crippen molar-refractivity contribution in [2.45, 2.75) is 57.4 Å². The van der Waals surface area contributed by atoms with Crippen LogP contribution in [0.2, 0.25) is 0 Å². The lowest BCUT2D eigenvalue weighted by molar-refractivity contribution is -0.310. The van der Waals surface area contributed by atoms with Gasteiger partial charge < -0.3 is 38.4 Å². The predicted octanol–water partition coefficient (Wildman–Crippen LogP) is 2.84. The first-order chi connectivity index (χ1) is 17.1. The van der Waals surface area contributed by atoms with Gasteiger partial charge in [0.25, 0.3) is 0 Å². The second-order valence-corrected chi connectivity index (χ2v) is 8.67. The standard InChI is InChI=1S/C26H33NO9/c1-8-12-26(5)23(31-6)19(28)20(29)25(36-26)34-17-11-10-16-21(14(17)3)35-24(30)18(15(4)27-32-7)22(16)33-13-9-2/h8-11,19-20,23,25,28-29H,1-2,12-13H2,3-7H3/b27-15-/t19-,20+,23+,25?,26-/m0/s1. The van der Waals surface area contributed by atoms with Crippen LogP contribution in [-0.2, 0) is 14.3 Å². The Balaban J connectivity index is 2.08. The summed E-state index contributed by atoms with van der Waals surface area (Å²) in [5.74, 6) is 0.545. The first kappa shape index (κ1) is 27.4. The molecule has 196 valence electrons. The number of benzene rings is 1. The summed E-state index contributed by atoms with van der Waals surface area (Å²) in [5, 5.41) is 25.7. The van der Waals surface area contributed by atoms with E-state index >= 15 is 0 Å². The smallest absolute Gasteiger partial charge is 0.349 e. The van der Waals surface area contributed by atoms with Crippen LogP contribution < -0.4 is 15.1 Å². The van der Waals surface area contributed by atoms with Crippen LogP contribution in [0.3, 0.4) is 0 Å². The molecule has 0 aliphatic carbocycles. The van der Waals surface area contributed by atoms with Crippen LogP contribution in [0, 0.1) is 6.92 Å². The van der Waals surface area contributed by atoms with E-state index in [0.717, 1.165) is 0 Å². The summed E-state index contributed by atoms with van der Waals surface area (Å²) in [6.45, 7) is 12.6. The maximum atomic E-state index is 12.9. The average molecular weight is 504 g/mol. The molecule has 0 bridgehead atoms. The Hall–Kier alpha value is -3.18. The van der Waals surface area contributed by atoms with Crippen LogP contribution in [0.25, 0.3) is 11.0 Å². The molecule has 1 aliphatic heterocycles. The van der Waals surface area contributed by atoms with Crippen molar-refractivity contribution in [1.82, 2.24) is 0 Å². The molecule has 1 aromatic heterocycles. The molecule has 0 spiro atoms. The van der Waals surface area contributed by atoms with E-state index in [1.165, 1.54) is 14.2 Å². The van der Waals surface area contributed by atoms with Crippen LogP contribution in [0.4, 0.5) is 0 Å². The van der Waals surface area contributed by atoms with Gasteiger partial charge in [-0.3, -0.25) is 0 Å². The van der Waals surface area contributed by atoms with Crippen molar-refractivity contribution in [1.29, 1.82) is 0 Å². The SMILES string of the molecule is C=CCOc1c(/C(C)=N\OC)c(=O)oc2c(C)c(OC3O[C@@](C)(CC=C)[C@H](OC)[C@@H](O)[C@H]3O)ccc12. The van der Waals surface area contributed by atoms with Gasteiger partial charge in [0, 0.05) is 12.7 Å². The van der Waals surface area contributed by atoms with Gasteiger partial charge in [-0.05, 0) is 39.3 Å². The topological polar surface area (TPSA) is 129 Å². The van der Waals surface area contributed by atoms with Crippen LogP contribution in [0.5, 0.6) is 11.5 Å². The highest BCUT2D eigenvalue weighted by Gasteiger charge is 2.52. The monoisotopic (exact) mass is 503 g/mol. The average Bonchev–Trinajstić information content (AvgIpc) is 2.83. The zero-order valence-corrected chi connectivity index (χ0v) is 21.1. The summed E-state index contributed by atoms with van der Waals surface area (Å²) in [6.07, 6.45) is -1.18. The van der Waals surface area contributed by atoms with Gasteiger partial charge in [0.1, 0.15) is 60.3 Å². The summed E-state index contributed by atoms with van der Waals surface area (Å²) in [7, 11) is 2.80. The molecule has 0 radical (unpaired) electrons. The van der Waals surface area contributed by atoms with Gasteiger partial charge in [-0.2, -0.15) is 0 Å². The lowest BCUT2D eigenvalue weighted by atomic mass is 9.85. The Labute approximate surface area is 209 Å². The molecular formula is C26H33NO9. The zero-order chi connectivity index (χ0) is 26.6. The van der Waals surface area contributed by atoms with Crippen LogP contribution in [0.15, 0.2) is 51.8 Å². The molecule has 2 heterocycles. The van der Waals surface area contributed by atoms with Crippen molar-refractivity contribution < 1.29 is 38.4 Å². The third kappa shape index (κ3) is 5.03. The Bertz CT molecular complexity index is 1200. The summed E-state index contributed by atoms with van der Waals surface area (Å²) >= 11 is 0. The molecule has 1 aromatic carbocycles. The molecular weight excluding hydrogens is 470 g/mol. The second-order valence-electron chi connectivity index (χ2n) is 8.67. The number of aliphatic hydroxyl groups is 2. The molecule has 36 heavy (non-hydrogen) atoms. The number of oxime groups is 1. The Kier molecular flexibility index (Phi) is 8.57. The van der Waals surface area contributed by atoms with Crippen LogP contribution in [-0.4, -0.2) is 67.0 Å². The lowest BCUT2D eigenvalue weighted by Crippen LogP contribution is -2.64. The minimum atomic E-state index is -1.41. The highest BCUT2D eigenvalue weighted by molar-refractivity contribution is 6.05. The van der Waals surface area contributed by atoms with Gasteiger partial charge in [-0.1, -0.05) is 23.9 Å². The number of nitrogens with zero attached hydrogens (tertiary/aromatic N) is 1. The lowest BCUT2D eigenvalue weighted by Gasteiger charge is -2.48. The van der Waals surface area contributed by atoms with Gasteiger partial charge in [0.2, 0.25) is 6.29 Å². The molecule has 5 atom stereocenters. The molecule has 1 aliphatic rings. The zero-order valence-electron chi connectivity index (χ0n) is 21.1. The number of aliphatic hydroxyl groups excluding tert-OH is 2. The molecule has 1 fully saturated rings. The van der Waals surface area contributed by atoms with Crippen molar-refractivity contribution in [2.24, 2.45) is 5.16 Å². The van der Waals surface area contributed by atoms with Crippen molar-refractivity contribution in [2.75, 3.05) is 20.8 Å². The van der Waals surface area contributed by atoms with Crippen molar-refractivity contribution in [3.63, 3.8) is 0 Å². The van der Waals surface area contributed by atoms with E-state index in [1.807, 2.05) is 0 Å². The van der Waals surface area contributed by atoms with Crippen molar-refractivity contribution in [3.05, 3.63) is 59.0 Å². The minimum absolute atomic E-state index is 0.124. The first-order valence-electron chi connectivity index (χ1n) is 11.4. The summed E-state index contributed by atoms with van der Waals surface area (Å²) in [4.78, 5) is 17.8. The van der Waals surface area contributed by atoms with Gasteiger partial charge >= 0.3 is 5.63 Å². The number of methoxy groups -OCH3 is 1. The number of ether oxygens (including phenoxy) is 4. The highest BCUT2D eigenvalue weighted by Crippen LogP contribution is 2.38. The molecule has 0 saturated carbocycles. The summed E-state index contributed by atoms with van der Waals surface area (Å²) in [5.41, 5.74) is -0.585. The third-order valence-electron chi connectivity index (χ3n) is 6.14. The fourth-order valence-corrected chi connectivity index (χ4v) is 4.43. The van der Waals surface area contributed by atoms with E-state index in [2.05, 4.69) is 18.3 Å². The predicted molar refractivity (Wildman–Crippen MR) is 134 cm³/mol. The molecule has 3 rings (SSSR count). The minimum Gasteiger partial charge on any atom is -0.488 e. The largest absolute Gasteiger partial charge is 0.488 e. The molecule has 2 aromatic rings. The van der Waals surface area contributed by atoms with Crippen LogP contribution in [0.1, 0.15) is 31.4 Å². The number of rotatable bonds is 10. The first-order valence-corrected chi connectivity index (χ1v) is 11.4. The third-order valence-corrected chi connectivity index (χ3v) is 6.14. The van der Waals surface area contributed by atoms with E-state index in [-0.39, 0.29) is 35.0 Å². The van der Waals surface area contributed by atoms with E-state index in [1.54, 1.807) is 45.1 Å². The van der Waals surface area contributed by atoms with E-state index in [4.69, 9.17) is 28.2 Å². The van der Waals surface area contributed by atoms with E-state index in [9.17, 15) is 15.0 Å². The van der Waals surface area contributed by atoms with E-state index < -0.39 is 35.8 Å². The van der Waals surface area contributed by atoms with Crippen molar-refractivity contribution >= 4 is 16.7 Å². The maximum absolute atomic E-state index is 12.9. The molecule has 10 nitrogen and oxygen atoms in total. The van der Waals surface area contributed by atoms with E-state index in [0.29, 0.717) is 17.4 Å². The fraction of sp³-hybridized carbons (Fsp3) is 0.462. The van der Waals surface area contributed by atoms with Gasteiger partial charge in [0.05, 0.1) is 11.1 Å². The summed E-state index contributed by atoms with van der Waals surface area (Å²) in [6, 6.07) is 3.30. The highest BCUT2D eigenvalue weighted by atomic mass is 16.7. The molecule has 10 heteroatoms. The molecule has 2 N–H and O–H groups in total. The van der Waals surface area contributed by atoms with Gasteiger partial charge in [0.15, 0.2) is 0 Å². The Morgan fingerprint density at radius 2 is 1.94 bits per heavy atom.